The molecular formula is C12H12N2O4. The highest BCUT2D eigenvalue weighted by Gasteiger charge is 2.11. The van der Waals surface area contributed by atoms with Crippen LogP contribution in [0.4, 0.5) is 0 Å². The van der Waals surface area contributed by atoms with E-state index in [1.54, 1.807) is 18.2 Å². The summed E-state index contributed by atoms with van der Waals surface area (Å²) in [5.74, 6) is 1.07. The van der Waals surface area contributed by atoms with Crippen LogP contribution in [-0.2, 0) is 0 Å². The van der Waals surface area contributed by atoms with Crippen LogP contribution >= 0.6 is 0 Å². The van der Waals surface area contributed by atoms with Gasteiger partial charge in [-0.1, -0.05) is 0 Å². The molecule has 2 rings (SSSR count). The van der Waals surface area contributed by atoms with E-state index in [0.717, 1.165) is 0 Å². The molecule has 18 heavy (non-hydrogen) atoms. The van der Waals surface area contributed by atoms with Crippen LogP contribution in [0, 0.1) is 0 Å². The molecule has 1 heterocycles. The van der Waals surface area contributed by atoms with Crippen molar-refractivity contribution < 1.29 is 9.47 Å². The smallest absolute Gasteiger partial charge is 0.270 e. The molecule has 0 atom stereocenters. The topological polar surface area (TPSA) is 84.2 Å². The molecule has 2 aromatic rings. The quantitative estimate of drug-likeness (QED) is 0.839. The zero-order chi connectivity index (χ0) is 13.1. The molecule has 1 aromatic carbocycles. The summed E-state index contributed by atoms with van der Waals surface area (Å²) in [4.78, 5) is 22.9. The molecule has 6 nitrogen and oxygen atoms in total. The van der Waals surface area contributed by atoms with Gasteiger partial charge in [-0.3, -0.25) is 19.8 Å². The van der Waals surface area contributed by atoms with Crippen LogP contribution in [0.2, 0.25) is 0 Å². The molecule has 0 aliphatic heterocycles. The molecular weight excluding hydrogens is 236 g/mol. The normalized spacial score (nSPS) is 10.1. The van der Waals surface area contributed by atoms with E-state index in [2.05, 4.69) is 10.2 Å². The summed E-state index contributed by atoms with van der Waals surface area (Å²) in [6.45, 7) is 0. The first-order chi connectivity index (χ1) is 8.65. The van der Waals surface area contributed by atoms with Crippen molar-refractivity contribution in [3.63, 3.8) is 0 Å². The first-order valence-corrected chi connectivity index (χ1v) is 5.20. The van der Waals surface area contributed by atoms with Gasteiger partial charge in [-0.15, -0.1) is 0 Å². The number of hydrogen-bond donors (Lipinski definition) is 2. The van der Waals surface area contributed by atoms with Crippen LogP contribution in [-0.4, -0.2) is 24.4 Å². The zero-order valence-corrected chi connectivity index (χ0v) is 9.94. The molecule has 94 valence electrons. The Bertz CT molecular complexity index is 672. The molecule has 0 fully saturated rings. The Morgan fingerprint density at radius 2 is 1.72 bits per heavy atom. The summed E-state index contributed by atoms with van der Waals surface area (Å²) in [5, 5.41) is 4.48. The van der Waals surface area contributed by atoms with Gasteiger partial charge >= 0.3 is 0 Å². The van der Waals surface area contributed by atoms with E-state index in [4.69, 9.17) is 9.47 Å². The fraction of sp³-hybridized carbons (Fsp3) is 0.167. The van der Waals surface area contributed by atoms with Crippen molar-refractivity contribution in [3.8, 4) is 22.6 Å². The zero-order valence-electron chi connectivity index (χ0n) is 9.94. The van der Waals surface area contributed by atoms with Crippen molar-refractivity contribution >= 4 is 0 Å². The summed E-state index contributed by atoms with van der Waals surface area (Å²) in [6, 6.07) is 6.24. The maximum absolute atomic E-state index is 11.7. The standard InChI is InChI=1S/C12H12N2O4/c1-17-7-3-4-8(10(5-7)18-2)9-6-11(15)13-14-12(9)16/h3-6H,1-2H3,(H,13,15)(H,14,16). The molecule has 6 heteroatoms. The van der Waals surface area contributed by atoms with Gasteiger partial charge in [0.05, 0.1) is 19.8 Å². The molecule has 2 N–H and O–H groups in total. The molecule has 0 aliphatic rings. The van der Waals surface area contributed by atoms with Gasteiger partial charge in [-0.25, -0.2) is 0 Å². The third-order valence-corrected chi connectivity index (χ3v) is 2.52. The van der Waals surface area contributed by atoms with Crippen LogP contribution in [0.1, 0.15) is 0 Å². The van der Waals surface area contributed by atoms with Gasteiger partial charge in [0, 0.05) is 17.7 Å². The predicted octanol–water partition coefficient (Wildman–Crippen LogP) is 0.747. The summed E-state index contributed by atoms with van der Waals surface area (Å²) >= 11 is 0. The molecule has 0 saturated carbocycles. The fourth-order valence-corrected chi connectivity index (χ4v) is 1.64. The summed E-state index contributed by atoms with van der Waals surface area (Å²) in [7, 11) is 3.02. The second-order valence-electron chi connectivity index (χ2n) is 3.57. The highest BCUT2D eigenvalue weighted by Crippen LogP contribution is 2.30. The van der Waals surface area contributed by atoms with E-state index >= 15 is 0 Å². The Morgan fingerprint density at radius 3 is 2.39 bits per heavy atom. The van der Waals surface area contributed by atoms with Crippen LogP contribution in [0.5, 0.6) is 11.5 Å². The average Bonchev–Trinajstić information content (AvgIpc) is 2.41. The predicted molar refractivity (Wildman–Crippen MR) is 66.2 cm³/mol. The Hall–Kier alpha value is -2.50. The fourth-order valence-electron chi connectivity index (χ4n) is 1.64. The Kier molecular flexibility index (Phi) is 3.18. The van der Waals surface area contributed by atoms with Crippen molar-refractivity contribution in [2.75, 3.05) is 14.2 Å². The molecule has 0 saturated heterocycles. The molecule has 0 radical (unpaired) electrons. The lowest BCUT2D eigenvalue weighted by Crippen LogP contribution is -2.19. The van der Waals surface area contributed by atoms with Gasteiger partial charge < -0.3 is 9.47 Å². The number of rotatable bonds is 3. The number of ether oxygens (including phenoxy) is 2. The van der Waals surface area contributed by atoms with E-state index in [9.17, 15) is 9.59 Å². The number of hydrogen-bond acceptors (Lipinski definition) is 4. The SMILES string of the molecule is COc1ccc(-c2cc(=O)[nH][nH]c2=O)c(OC)c1. The van der Waals surface area contributed by atoms with Gasteiger partial charge in [0.15, 0.2) is 0 Å². The van der Waals surface area contributed by atoms with E-state index in [1.165, 1.54) is 20.3 Å². The van der Waals surface area contributed by atoms with Crippen molar-refractivity contribution in [1.29, 1.82) is 0 Å². The molecule has 0 aliphatic carbocycles. The highest BCUT2D eigenvalue weighted by molar-refractivity contribution is 5.70. The monoisotopic (exact) mass is 248 g/mol. The van der Waals surface area contributed by atoms with Gasteiger partial charge in [0.2, 0.25) is 0 Å². The van der Waals surface area contributed by atoms with E-state index < -0.39 is 5.56 Å². The number of benzene rings is 1. The maximum atomic E-state index is 11.7. The van der Waals surface area contributed by atoms with Crippen LogP contribution in [0.15, 0.2) is 33.9 Å². The highest BCUT2D eigenvalue weighted by atomic mass is 16.5. The average molecular weight is 248 g/mol. The van der Waals surface area contributed by atoms with Gasteiger partial charge in [0.25, 0.3) is 11.1 Å². The summed E-state index contributed by atoms with van der Waals surface area (Å²) < 4.78 is 10.3. The number of aromatic amines is 2. The molecule has 0 amide bonds. The van der Waals surface area contributed by atoms with Gasteiger partial charge in [0.1, 0.15) is 11.5 Å². The first-order valence-electron chi connectivity index (χ1n) is 5.20. The number of H-pyrrole nitrogens is 2. The first kappa shape index (κ1) is 12.0. The second kappa shape index (κ2) is 4.79. The minimum Gasteiger partial charge on any atom is -0.497 e. The molecule has 0 spiro atoms. The third kappa shape index (κ3) is 2.13. The summed E-state index contributed by atoms with van der Waals surface area (Å²) in [6.07, 6.45) is 0. The second-order valence-corrected chi connectivity index (χ2v) is 3.57. The maximum Gasteiger partial charge on any atom is 0.270 e. The largest absolute Gasteiger partial charge is 0.497 e. The molecule has 0 bridgehead atoms. The van der Waals surface area contributed by atoms with Crippen molar-refractivity contribution in [1.82, 2.24) is 10.2 Å². The van der Waals surface area contributed by atoms with Crippen molar-refractivity contribution in [2.45, 2.75) is 0 Å². The Morgan fingerprint density at radius 1 is 0.944 bits per heavy atom. The third-order valence-electron chi connectivity index (χ3n) is 2.52. The Labute approximate surface area is 102 Å². The van der Waals surface area contributed by atoms with Crippen LogP contribution in [0.25, 0.3) is 11.1 Å². The van der Waals surface area contributed by atoms with Crippen molar-refractivity contribution in [3.05, 3.63) is 45.0 Å². The lowest BCUT2D eigenvalue weighted by Gasteiger charge is -2.09. The number of aromatic nitrogens is 2. The number of methoxy groups -OCH3 is 2. The van der Waals surface area contributed by atoms with E-state index in [-0.39, 0.29) is 11.1 Å². The van der Waals surface area contributed by atoms with E-state index in [0.29, 0.717) is 17.1 Å². The minimum atomic E-state index is -0.391. The van der Waals surface area contributed by atoms with Crippen molar-refractivity contribution in [2.24, 2.45) is 0 Å². The van der Waals surface area contributed by atoms with Crippen LogP contribution in [0.3, 0.4) is 0 Å². The number of nitrogens with one attached hydrogen (secondary N) is 2. The molecule has 1 aromatic heterocycles. The lowest BCUT2D eigenvalue weighted by atomic mass is 10.1. The lowest BCUT2D eigenvalue weighted by molar-refractivity contribution is 0.395. The van der Waals surface area contributed by atoms with E-state index in [1.807, 2.05) is 0 Å². The minimum absolute atomic E-state index is 0.248. The van der Waals surface area contributed by atoms with Crippen LogP contribution < -0.4 is 20.6 Å². The van der Waals surface area contributed by atoms with Gasteiger partial charge in [-0.05, 0) is 12.1 Å². The van der Waals surface area contributed by atoms with Gasteiger partial charge in [-0.2, -0.15) is 0 Å². The summed E-state index contributed by atoms with van der Waals surface area (Å²) in [5.41, 5.74) is 0.00411. The Balaban J connectivity index is 2.67. The molecule has 0 unspecified atom stereocenters.